The van der Waals surface area contributed by atoms with Gasteiger partial charge in [0.15, 0.2) is 5.69 Å². The zero-order valence-corrected chi connectivity index (χ0v) is 15.9. The number of piperidine rings is 1. The molecule has 1 aliphatic rings. The van der Waals surface area contributed by atoms with Crippen LogP contribution in [-0.2, 0) is 5.54 Å². The monoisotopic (exact) mass is 358 g/mol. The zero-order chi connectivity index (χ0) is 18.9. The third-order valence-electron chi connectivity index (χ3n) is 4.76. The second-order valence-electron chi connectivity index (χ2n) is 7.94. The van der Waals surface area contributed by atoms with Crippen molar-refractivity contribution >= 4 is 11.6 Å². The smallest absolute Gasteiger partial charge is 0.274 e. The Hall–Kier alpha value is -2.37. The lowest BCUT2D eigenvalue weighted by Crippen LogP contribution is -2.42. The van der Waals surface area contributed by atoms with Crippen LogP contribution in [0.1, 0.15) is 49.8 Å². The first-order chi connectivity index (χ1) is 12.3. The molecule has 2 aromatic rings. The number of carbonyl (C=O) groups is 1. The van der Waals surface area contributed by atoms with E-state index in [9.17, 15) is 9.18 Å². The summed E-state index contributed by atoms with van der Waals surface area (Å²) in [6.45, 7) is 9.47. The summed E-state index contributed by atoms with van der Waals surface area (Å²) in [5.41, 5.74) is 1.85. The van der Waals surface area contributed by atoms with Crippen molar-refractivity contribution in [2.24, 2.45) is 0 Å². The number of halogens is 1. The van der Waals surface area contributed by atoms with Gasteiger partial charge >= 0.3 is 0 Å². The molecule has 140 valence electrons. The van der Waals surface area contributed by atoms with Crippen LogP contribution in [-0.4, -0.2) is 39.7 Å². The number of rotatable bonds is 3. The van der Waals surface area contributed by atoms with Crippen LogP contribution in [0, 0.1) is 12.7 Å². The van der Waals surface area contributed by atoms with E-state index in [-0.39, 0.29) is 23.3 Å². The van der Waals surface area contributed by atoms with Gasteiger partial charge in [-0.05, 0) is 58.7 Å². The van der Waals surface area contributed by atoms with Gasteiger partial charge in [0.1, 0.15) is 5.82 Å². The number of benzene rings is 1. The van der Waals surface area contributed by atoms with Crippen LogP contribution < -0.4 is 5.32 Å². The first kappa shape index (κ1) is 18.4. The van der Waals surface area contributed by atoms with Crippen molar-refractivity contribution in [3.63, 3.8) is 0 Å². The lowest BCUT2D eigenvalue weighted by Gasteiger charge is -2.32. The molecule has 0 radical (unpaired) electrons. The second kappa shape index (κ2) is 7.09. The first-order valence-electron chi connectivity index (χ1n) is 9.13. The Morgan fingerprint density at radius 2 is 1.88 bits per heavy atom. The lowest BCUT2D eigenvalue weighted by atomic mass is 10.0. The maximum Gasteiger partial charge on any atom is 0.274 e. The summed E-state index contributed by atoms with van der Waals surface area (Å²) in [7, 11) is 0. The van der Waals surface area contributed by atoms with E-state index >= 15 is 0 Å². The molecular formula is C20H27FN4O. The molecule has 0 atom stereocenters. The van der Waals surface area contributed by atoms with Gasteiger partial charge in [0.2, 0.25) is 0 Å². The van der Waals surface area contributed by atoms with E-state index < -0.39 is 0 Å². The van der Waals surface area contributed by atoms with E-state index in [2.05, 4.69) is 31.2 Å². The fourth-order valence-corrected chi connectivity index (χ4v) is 3.45. The molecule has 1 aromatic carbocycles. The maximum atomic E-state index is 13.8. The highest BCUT2D eigenvalue weighted by atomic mass is 19.1. The standard InChI is InChI=1S/C20H27FN4O/c1-14-13-18(23-25(14)20(2,3)4)19(26)24-11-9-15(10-12-24)22-17-8-6-5-7-16(17)21/h5-8,13,15,22H,9-12H2,1-4H3. The van der Waals surface area contributed by atoms with Gasteiger partial charge in [-0.3, -0.25) is 9.48 Å². The number of nitrogens with zero attached hydrogens (tertiary/aromatic N) is 3. The summed E-state index contributed by atoms with van der Waals surface area (Å²) in [4.78, 5) is 14.6. The van der Waals surface area contributed by atoms with E-state index in [4.69, 9.17) is 0 Å². The highest BCUT2D eigenvalue weighted by Crippen LogP contribution is 2.21. The molecule has 5 nitrogen and oxygen atoms in total. The Balaban J connectivity index is 1.61. The van der Waals surface area contributed by atoms with Gasteiger partial charge in [-0.15, -0.1) is 0 Å². The van der Waals surface area contributed by atoms with E-state index in [1.807, 2.05) is 28.6 Å². The van der Waals surface area contributed by atoms with Crippen LogP contribution in [0.15, 0.2) is 30.3 Å². The number of nitrogens with one attached hydrogen (secondary N) is 1. The third-order valence-corrected chi connectivity index (χ3v) is 4.76. The molecule has 3 rings (SSSR count). The number of hydrogen-bond acceptors (Lipinski definition) is 3. The number of hydrogen-bond donors (Lipinski definition) is 1. The fourth-order valence-electron chi connectivity index (χ4n) is 3.45. The minimum atomic E-state index is -0.241. The largest absolute Gasteiger partial charge is 0.380 e. The fraction of sp³-hybridized carbons (Fsp3) is 0.500. The number of aromatic nitrogens is 2. The summed E-state index contributed by atoms with van der Waals surface area (Å²) < 4.78 is 15.7. The Morgan fingerprint density at radius 1 is 1.23 bits per heavy atom. The topological polar surface area (TPSA) is 50.2 Å². The summed E-state index contributed by atoms with van der Waals surface area (Å²) in [5.74, 6) is -0.269. The summed E-state index contributed by atoms with van der Waals surface area (Å²) in [6.07, 6.45) is 1.58. The molecule has 1 N–H and O–H groups in total. The van der Waals surface area contributed by atoms with Crippen LogP contribution in [0.5, 0.6) is 0 Å². The summed E-state index contributed by atoms with van der Waals surface area (Å²) in [5, 5.41) is 7.76. The van der Waals surface area contributed by atoms with Gasteiger partial charge in [-0.25, -0.2) is 4.39 Å². The van der Waals surface area contributed by atoms with E-state index in [1.54, 1.807) is 12.1 Å². The molecule has 0 bridgehead atoms. The van der Waals surface area contributed by atoms with Crippen LogP contribution in [0.2, 0.25) is 0 Å². The number of para-hydroxylation sites is 1. The molecule has 1 aliphatic heterocycles. The number of carbonyl (C=O) groups excluding carboxylic acids is 1. The minimum Gasteiger partial charge on any atom is -0.380 e. The van der Waals surface area contributed by atoms with Gasteiger partial charge in [-0.2, -0.15) is 5.10 Å². The third kappa shape index (κ3) is 3.89. The molecule has 0 aliphatic carbocycles. The summed E-state index contributed by atoms with van der Waals surface area (Å²) in [6, 6.07) is 8.73. The number of likely N-dealkylation sites (tertiary alicyclic amines) is 1. The molecule has 0 spiro atoms. The summed E-state index contributed by atoms with van der Waals surface area (Å²) >= 11 is 0. The Labute approximate surface area is 154 Å². The molecule has 1 amide bonds. The molecule has 26 heavy (non-hydrogen) atoms. The van der Waals surface area contributed by atoms with Crippen molar-refractivity contribution in [3.05, 3.63) is 47.5 Å². The van der Waals surface area contributed by atoms with Crippen LogP contribution in [0.3, 0.4) is 0 Å². The van der Waals surface area contributed by atoms with Crippen LogP contribution >= 0.6 is 0 Å². The molecular weight excluding hydrogens is 331 g/mol. The molecule has 1 aromatic heterocycles. The van der Waals surface area contributed by atoms with Crippen molar-refractivity contribution in [3.8, 4) is 0 Å². The molecule has 0 saturated carbocycles. The van der Waals surface area contributed by atoms with Crippen molar-refractivity contribution < 1.29 is 9.18 Å². The SMILES string of the molecule is Cc1cc(C(=O)N2CCC(Nc3ccccc3F)CC2)nn1C(C)(C)C. The van der Waals surface area contributed by atoms with Crippen LogP contribution in [0.4, 0.5) is 10.1 Å². The van der Waals surface area contributed by atoms with Gasteiger partial charge in [-0.1, -0.05) is 12.1 Å². The Bertz CT molecular complexity index is 785. The van der Waals surface area contributed by atoms with E-state index in [0.717, 1.165) is 18.5 Å². The van der Waals surface area contributed by atoms with Crippen molar-refractivity contribution in [1.82, 2.24) is 14.7 Å². The molecule has 6 heteroatoms. The maximum absolute atomic E-state index is 13.8. The minimum absolute atomic E-state index is 0.0274. The highest BCUT2D eigenvalue weighted by Gasteiger charge is 2.27. The number of anilines is 1. The van der Waals surface area contributed by atoms with Gasteiger partial charge in [0.25, 0.3) is 5.91 Å². The second-order valence-corrected chi connectivity index (χ2v) is 7.94. The van der Waals surface area contributed by atoms with Gasteiger partial charge in [0, 0.05) is 24.8 Å². The average molecular weight is 358 g/mol. The molecule has 2 heterocycles. The van der Waals surface area contributed by atoms with E-state index in [0.29, 0.717) is 24.5 Å². The highest BCUT2D eigenvalue weighted by molar-refractivity contribution is 5.92. The van der Waals surface area contributed by atoms with Crippen molar-refractivity contribution in [2.45, 2.75) is 52.1 Å². The molecule has 1 fully saturated rings. The quantitative estimate of drug-likeness (QED) is 0.908. The normalized spacial score (nSPS) is 16.0. The first-order valence-corrected chi connectivity index (χ1v) is 9.13. The van der Waals surface area contributed by atoms with Crippen LogP contribution in [0.25, 0.3) is 0 Å². The number of aryl methyl sites for hydroxylation is 1. The Kier molecular flexibility index (Phi) is 5.03. The zero-order valence-electron chi connectivity index (χ0n) is 15.9. The average Bonchev–Trinajstić information content (AvgIpc) is 2.99. The van der Waals surface area contributed by atoms with E-state index in [1.165, 1.54) is 6.07 Å². The van der Waals surface area contributed by atoms with Gasteiger partial charge in [0.05, 0.1) is 11.2 Å². The van der Waals surface area contributed by atoms with Crippen molar-refractivity contribution in [2.75, 3.05) is 18.4 Å². The van der Waals surface area contributed by atoms with Crippen molar-refractivity contribution in [1.29, 1.82) is 0 Å². The Morgan fingerprint density at radius 3 is 2.46 bits per heavy atom. The molecule has 0 unspecified atom stereocenters. The predicted octanol–water partition coefficient (Wildman–Crippen LogP) is 3.80. The predicted molar refractivity (Wildman–Crippen MR) is 101 cm³/mol. The lowest BCUT2D eigenvalue weighted by molar-refractivity contribution is 0.0710. The van der Waals surface area contributed by atoms with Gasteiger partial charge < -0.3 is 10.2 Å². The molecule has 1 saturated heterocycles. The number of amides is 1.